The molecule has 0 aromatic carbocycles. The SMILES string of the molecule is COC(=O)C=CN1CCN2C(=O)NCC2C1. The quantitative estimate of drug-likeness (QED) is 0.502. The monoisotopic (exact) mass is 225 g/mol. The molecule has 0 saturated carbocycles. The minimum Gasteiger partial charge on any atom is -0.466 e. The molecule has 16 heavy (non-hydrogen) atoms. The number of ether oxygens (including phenoxy) is 1. The zero-order chi connectivity index (χ0) is 11.5. The Morgan fingerprint density at radius 1 is 1.56 bits per heavy atom. The molecule has 0 bridgehead atoms. The van der Waals surface area contributed by atoms with E-state index < -0.39 is 0 Å². The van der Waals surface area contributed by atoms with Crippen LogP contribution in [0.3, 0.4) is 0 Å². The van der Waals surface area contributed by atoms with Crippen LogP contribution in [0.5, 0.6) is 0 Å². The van der Waals surface area contributed by atoms with Crippen molar-refractivity contribution >= 4 is 12.0 Å². The molecular weight excluding hydrogens is 210 g/mol. The number of methoxy groups -OCH3 is 1. The maximum atomic E-state index is 11.3. The van der Waals surface area contributed by atoms with Gasteiger partial charge in [0.05, 0.1) is 13.2 Å². The Morgan fingerprint density at radius 2 is 2.38 bits per heavy atom. The molecule has 2 heterocycles. The van der Waals surface area contributed by atoms with Gasteiger partial charge >= 0.3 is 12.0 Å². The number of carbonyl (C=O) groups excluding carboxylic acids is 2. The summed E-state index contributed by atoms with van der Waals surface area (Å²) in [6.45, 7) is 2.88. The van der Waals surface area contributed by atoms with E-state index >= 15 is 0 Å². The number of urea groups is 1. The standard InChI is InChI=1S/C10H15N3O3/c1-16-9(14)2-3-12-4-5-13-8(7-12)6-11-10(13)15/h2-3,8H,4-7H2,1H3,(H,11,15). The zero-order valence-electron chi connectivity index (χ0n) is 9.18. The predicted molar refractivity (Wildman–Crippen MR) is 56.6 cm³/mol. The maximum Gasteiger partial charge on any atom is 0.331 e. The fourth-order valence-electron chi connectivity index (χ4n) is 2.00. The largest absolute Gasteiger partial charge is 0.466 e. The van der Waals surface area contributed by atoms with Gasteiger partial charge < -0.3 is 19.9 Å². The molecule has 2 fully saturated rings. The van der Waals surface area contributed by atoms with Crippen LogP contribution in [0.2, 0.25) is 0 Å². The second-order valence-electron chi connectivity index (χ2n) is 3.87. The van der Waals surface area contributed by atoms with Crippen molar-refractivity contribution in [2.45, 2.75) is 6.04 Å². The van der Waals surface area contributed by atoms with Gasteiger partial charge in [0.25, 0.3) is 0 Å². The molecule has 2 amide bonds. The Balaban J connectivity index is 1.89. The molecule has 6 heteroatoms. The molecule has 2 aliphatic rings. The van der Waals surface area contributed by atoms with Crippen molar-refractivity contribution in [1.29, 1.82) is 0 Å². The molecule has 1 N–H and O–H groups in total. The van der Waals surface area contributed by atoms with E-state index in [4.69, 9.17) is 0 Å². The number of esters is 1. The predicted octanol–water partition coefficient (Wildman–Crippen LogP) is -0.617. The fraction of sp³-hybridized carbons (Fsp3) is 0.600. The molecule has 2 saturated heterocycles. The third-order valence-corrected chi connectivity index (χ3v) is 2.89. The number of hydrogen-bond acceptors (Lipinski definition) is 4. The van der Waals surface area contributed by atoms with E-state index in [-0.39, 0.29) is 18.0 Å². The van der Waals surface area contributed by atoms with Crippen LogP contribution in [0.1, 0.15) is 0 Å². The highest BCUT2D eigenvalue weighted by atomic mass is 16.5. The van der Waals surface area contributed by atoms with E-state index in [0.29, 0.717) is 13.1 Å². The van der Waals surface area contributed by atoms with E-state index in [1.54, 1.807) is 6.20 Å². The second kappa shape index (κ2) is 4.42. The van der Waals surface area contributed by atoms with E-state index in [2.05, 4.69) is 10.1 Å². The molecule has 1 unspecified atom stereocenters. The number of amides is 2. The van der Waals surface area contributed by atoms with Gasteiger partial charge in [-0.1, -0.05) is 0 Å². The van der Waals surface area contributed by atoms with Crippen molar-refractivity contribution in [2.24, 2.45) is 0 Å². The Kier molecular flexibility index (Phi) is 2.98. The van der Waals surface area contributed by atoms with Gasteiger partial charge in [-0.05, 0) is 0 Å². The summed E-state index contributed by atoms with van der Waals surface area (Å²) >= 11 is 0. The molecular formula is C10H15N3O3. The number of piperazine rings is 1. The van der Waals surface area contributed by atoms with E-state index in [1.165, 1.54) is 13.2 Å². The first-order valence-electron chi connectivity index (χ1n) is 5.25. The summed E-state index contributed by atoms with van der Waals surface area (Å²) in [6, 6.07) is 0.227. The summed E-state index contributed by atoms with van der Waals surface area (Å²) in [5.41, 5.74) is 0. The van der Waals surface area contributed by atoms with Crippen LogP contribution in [-0.4, -0.2) is 61.1 Å². The van der Waals surface area contributed by atoms with Crippen LogP contribution in [-0.2, 0) is 9.53 Å². The summed E-state index contributed by atoms with van der Waals surface area (Å²) in [5.74, 6) is -0.358. The van der Waals surface area contributed by atoms with Gasteiger partial charge in [-0.25, -0.2) is 9.59 Å². The Morgan fingerprint density at radius 3 is 3.12 bits per heavy atom. The normalized spacial score (nSPS) is 24.6. The van der Waals surface area contributed by atoms with Crippen molar-refractivity contribution < 1.29 is 14.3 Å². The lowest BCUT2D eigenvalue weighted by Gasteiger charge is -2.35. The Bertz CT molecular complexity index is 329. The highest BCUT2D eigenvalue weighted by molar-refractivity contribution is 5.81. The highest BCUT2D eigenvalue weighted by Crippen LogP contribution is 2.14. The molecule has 1 atom stereocenters. The van der Waals surface area contributed by atoms with Crippen molar-refractivity contribution in [3.63, 3.8) is 0 Å². The van der Waals surface area contributed by atoms with Gasteiger partial charge in [0.15, 0.2) is 0 Å². The molecule has 0 aliphatic carbocycles. The lowest BCUT2D eigenvalue weighted by atomic mass is 10.2. The lowest BCUT2D eigenvalue weighted by molar-refractivity contribution is -0.134. The maximum absolute atomic E-state index is 11.3. The smallest absolute Gasteiger partial charge is 0.331 e. The van der Waals surface area contributed by atoms with Gasteiger partial charge in [0, 0.05) is 38.5 Å². The molecule has 0 radical (unpaired) electrons. The Labute approximate surface area is 93.8 Å². The van der Waals surface area contributed by atoms with Gasteiger partial charge in [0.1, 0.15) is 0 Å². The number of nitrogens with one attached hydrogen (secondary N) is 1. The van der Waals surface area contributed by atoms with Crippen LogP contribution in [0, 0.1) is 0 Å². The first-order chi connectivity index (χ1) is 7.70. The minimum atomic E-state index is -0.358. The molecule has 2 rings (SSSR count). The van der Waals surface area contributed by atoms with Crippen LogP contribution >= 0.6 is 0 Å². The topological polar surface area (TPSA) is 61.9 Å². The summed E-state index contributed by atoms with van der Waals surface area (Å²) in [5, 5.41) is 2.80. The zero-order valence-corrected chi connectivity index (χ0v) is 9.18. The van der Waals surface area contributed by atoms with Crippen molar-refractivity contribution in [3.8, 4) is 0 Å². The third-order valence-electron chi connectivity index (χ3n) is 2.89. The van der Waals surface area contributed by atoms with E-state index in [1.807, 2.05) is 9.80 Å². The molecule has 0 aromatic heterocycles. The summed E-state index contributed by atoms with van der Waals surface area (Å²) in [7, 11) is 1.35. The first kappa shape index (κ1) is 10.8. The van der Waals surface area contributed by atoms with Gasteiger partial charge in [-0.15, -0.1) is 0 Å². The number of rotatable bonds is 2. The van der Waals surface area contributed by atoms with Crippen LogP contribution in [0.15, 0.2) is 12.3 Å². The first-order valence-corrected chi connectivity index (χ1v) is 5.25. The average Bonchev–Trinajstić information content (AvgIpc) is 2.67. The number of nitrogens with zero attached hydrogens (tertiary/aromatic N) is 2. The number of carbonyl (C=O) groups is 2. The summed E-state index contributed by atoms with van der Waals surface area (Å²) < 4.78 is 4.52. The fourth-order valence-corrected chi connectivity index (χ4v) is 2.00. The van der Waals surface area contributed by atoms with Crippen LogP contribution in [0.25, 0.3) is 0 Å². The minimum absolute atomic E-state index is 0.0154. The summed E-state index contributed by atoms with van der Waals surface area (Å²) in [4.78, 5) is 26.1. The molecule has 88 valence electrons. The van der Waals surface area contributed by atoms with Crippen molar-refractivity contribution in [2.75, 3.05) is 33.3 Å². The van der Waals surface area contributed by atoms with E-state index in [0.717, 1.165) is 13.1 Å². The van der Waals surface area contributed by atoms with Gasteiger partial charge in [0.2, 0.25) is 0 Å². The van der Waals surface area contributed by atoms with Crippen LogP contribution < -0.4 is 5.32 Å². The van der Waals surface area contributed by atoms with Gasteiger partial charge in [-0.2, -0.15) is 0 Å². The number of fused-ring (bicyclic) bond motifs is 1. The molecule has 6 nitrogen and oxygen atoms in total. The molecule has 2 aliphatic heterocycles. The molecule has 0 aromatic rings. The van der Waals surface area contributed by atoms with Gasteiger partial charge in [-0.3, -0.25) is 0 Å². The van der Waals surface area contributed by atoms with Crippen molar-refractivity contribution in [1.82, 2.24) is 15.1 Å². The Hall–Kier alpha value is -1.72. The third kappa shape index (κ3) is 2.10. The average molecular weight is 225 g/mol. The van der Waals surface area contributed by atoms with Crippen LogP contribution in [0.4, 0.5) is 4.79 Å². The molecule has 0 spiro atoms. The lowest BCUT2D eigenvalue weighted by Crippen LogP contribution is -2.50. The highest BCUT2D eigenvalue weighted by Gasteiger charge is 2.34. The van der Waals surface area contributed by atoms with Crippen molar-refractivity contribution in [3.05, 3.63) is 12.3 Å². The number of hydrogen-bond donors (Lipinski definition) is 1. The summed E-state index contributed by atoms with van der Waals surface area (Å²) in [6.07, 6.45) is 3.13. The van der Waals surface area contributed by atoms with E-state index in [9.17, 15) is 9.59 Å². The second-order valence-corrected chi connectivity index (χ2v) is 3.87.